The van der Waals surface area contributed by atoms with Crippen molar-refractivity contribution in [1.82, 2.24) is 5.01 Å². The minimum Gasteiger partial charge on any atom is -0.394 e. The van der Waals surface area contributed by atoms with Crippen LogP contribution in [0.15, 0.2) is 28.7 Å². The van der Waals surface area contributed by atoms with E-state index in [4.69, 9.17) is 5.11 Å². The molecule has 86 valence electrons. The average Bonchev–Trinajstić information content (AvgIpc) is 2.63. The second kappa shape index (κ2) is 4.84. The summed E-state index contributed by atoms with van der Waals surface area (Å²) in [5.41, 5.74) is 0.975. The molecule has 1 saturated heterocycles. The number of hydrazine groups is 1. The highest BCUT2D eigenvalue weighted by molar-refractivity contribution is 9.10. The van der Waals surface area contributed by atoms with Crippen LogP contribution in [0.4, 0.5) is 5.69 Å². The van der Waals surface area contributed by atoms with Crippen LogP contribution >= 0.6 is 15.9 Å². The maximum atomic E-state index is 11.6. The number of aliphatic hydroxyl groups is 1. The van der Waals surface area contributed by atoms with Gasteiger partial charge in [0, 0.05) is 17.4 Å². The lowest BCUT2D eigenvalue weighted by Gasteiger charge is -2.29. The molecule has 0 aliphatic carbocycles. The van der Waals surface area contributed by atoms with Crippen LogP contribution in [-0.2, 0) is 4.79 Å². The Morgan fingerprint density at radius 3 is 2.62 bits per heavy atom. The topological polar surface area (TPSA) is 43.8 Å². The second-order valence-electron chi connectivity index (χ2n) is 3.59. The number of aliphatic hydroxyl groups excluding tert-OH is 1. The molecule has 0 atom stereocenters. The molecule has 1 aliphatic heterocycles. The van der Waals surface area contributed by atoms with E-state index in [1.165, 1.54) is 0 Å². The summed E-state index contributed by atoms with van der Waals surface area (Å²) in [7, 11) is 0. The number of halogens is 1. The Hall–Kier alpha value is -1.07. The number of amides is 1. The SMILES string of the molecule is O=C1CCN(c2ccc(Br)cc2)N1CCO. The predicted molar refractivity (Wildman–Crippen MR) is 64.9 cm³/mol. The molecular weight excluding hydrogens is 272 g/mol. The van der Waals surface area contributed by atoms with Gasteiger partial charge in [-0.05, 0) is 24.3 Å². The van der Waals surface area contributed by atoms with Gasteiger partial charge in [0.15, 0.2) is 0 Å². The Morgan fingerprint density at radius 1 is 1.31 bits per heavy atom. The largest absolute Gasteiger partial charge is 0.394 e. The van der Waals surface area contributed by atoms with E-state index in [-0.39, 0.29) is 12.5 Å². The van der Waals surface area contributed by atoms with Crippen LogP contribution < -0.4 is 5.01 Å². The van der Waals surface area contributed by atoms with E-state index in [1.54, 1.807) is 5.01 Å². The van der Waals surface area contributed by atoms with Crippen molar-refractivity contribution in [3.05, 3.63) is 28.7 Å². The molecule has 16 heavy (non-hydrogen) atoms. The predicted octanol–water partition coefficient (Wildman–Crippen LogP) is 1.40. The van der Waals surface area contributed by atoms with E-state index in [9.17, 15) is 4.79 Å². The fourth-order valence-electron chi connectivity index (χ4n) is 1.81. The summed E-state index contributed by atoms with van der Waals surface area (Å²) < 4.78 is 1.01. The minimum atomic E-state index is -0.0151. The van der Waals surface area contributed by atoms with Crippen LogP contribution in [0.3, 0.4) is 0 Å². The summed E-state index contributed by atoms with van der Waals surface area (Å²) in [4.78, 5) is 11.6. The molecule has 0 radical (unpaired) electrons. The Morgan fingerprint density at radius 2 is 2.00 bits per heavy atom. The first-order valence-electron chi connectivity index (χ1n) is 5.16. The standard InChI is InChI=1S/C11H13BrN2O2/c12-9-1-3-10(4-2-9)13-6-5-11(16)14(13)7-8-15/h1-4,15H,5-8H2. The number of β-amino-alcohol motifs (C(OH)–C–C–N with tert-alkyl or cyclic N) is 1. The Bertz CT molecular complexity index is 380. The number of carbonyl (C=O) groups is 1. The van der Waals surface area contributed by atoms with Gasteiger partial charge in [-0.15, -0.1) is 0 Å². The minimum absolute atomic E-state index is 0.0151. The highest BCUT2D eigenvalue weighted by Gasteiger charge is 2.28. The molecule has 1 amide bonds. The number of hydrogen-bond acceptors (Lipinski definition) is 3. The zero-order valence-electron chi connectivity index (χ0n) is 8.77. The van der Waals surface area contributed by atoms with Gasteiger partial charge < -0.3 is 5.11 Å². The van der Waals surface area contributed by atoms with Crippen molar-refractivity contribution in [3.8, 4) is 0 Å². The Labute approximate surface area is 103 Å². The second-order valence-corrected chi connectivity index (χ2v) is 4.51. The number of hydrogen-bond donors (Lipinski definition) is 1. The summed E-state index contributed by atoms with van der Waals surface area (Å²) in [5, 5.41) is 12.4. The third kappa shape index (κ3) is 2.20. The zero-order chi connectivity index (χ0) is 11.5. The summed E-state index contributed by atoms with van der Waals surface area (Å²) >= 11 is 3.37. The van der Waals surface area contributed by atoms with Gasteiger partial charge in [-0.25, -0.2) is 0 Å². The van der Waals surface area contributed by atoms with Crippen LogP contribution in [0, 0.1) is 0 Å². The molecule has 1 aromatic rings. The first-order valence-corrected chi connectivity index (χ1v) is 5.96. The fourth-order valence-corrected chi connectivity index (χ4v) is 2.07. The van der Waals surface area contributed by atoms with Crippen LogP contribution in [0.5, 0.6) is 0 Å². The van der Waals surface area contributed by atoms with Crippen LogP contribution in [0.1, 0.15) is 6.42 Å². The van der Waals surface area contributed by atoms with Gasteiger partial charge in [0.2, 0.25) is 5.91 Å². The van der Waals surface area contributed by atoms with Gasteiger partial charge in [-0.3, -0.25) is 14.8 Å². The molecule has 1 fully saturated rings. The third-order valence-corrected chi connectivity index (χ3v) is 3.08. The number of rotatable bonds is 3. The molecule has 0 aromatic heterocycles. The first-order chi connectivity index (χ1) is 7.72. The van der Waals surface area contributed by atoms with Crippen molar-refractivity contribution in [1.29, 1.82) is 0 Å². The number of nitrogens with zero attached hydrogens (tertiary/aromatic N) is 2. The molecule has 2 rings (SSSR count). The Kier molecular flexibility index (Phi) is 3.46. The molecule has 1 N–H and O–H groups in total. The molecular formula is C11H13BrN2O2. The van der Waals surface area contributed by atoms with Crippen molar-refractivity contribution in [2.24, 2.45) is 0 Å². The van der Waals surface area contributed by atoms with E-state index >= 15 is 0 Å². The van der Waals surface area contributed by atoms with Gasteiger partial charge in [0.25, 0.3) is 0 Å². The van der Waals surface area contributed by atoms with Crippen molar-refractivity contribution < 1.29 is 9.90 Å². The molecule has 0 spiro atoms. The van der Waals surface area contributed by atoms with Crippen molar-refractivity contribution >= 4 is 27.5 Å². The van der Waals surface area contributed by atoms with E-state index in [1.807, 2.05) is 29.3 Å². The lowest BCUT2D eigenvalue weighted by atomic mass is 10.3. The van der Waals surface area contributed by atoms with Crippen LogP contribution in [0.25, 0.3) is 0 Å². The maximum absolute atomic E-state index is 11.6. The molecule has 4 nitrogen and oxygen atoms in total. The van der Waals surface area contributed by atoms with Gasteiger partial charge in [-0.2, -0.15) is 0 Å². The lowest BCUT2D eigenvalue weighted by molar-refractivity contribution is -0.128. The summed E-state index contributed by atoms with van der Waals surface area (Å²) in [6.45, 7) is 1.02. The normalized spacial score (nSPS) is 16.0. The highest BCUT2D eigenvalue weighted by Crippen LogP contribution is 2.23. The molecule has 0 saturated carbocycles. The van der Waals surface area contributed by atoms with E-state index in [0.717, 1.165) is 10.2 Å². The maximum Gasteiger partial charge on any atom is 0.243 e. The van der Waals surface area contributed by atoms with Crippen LogP contribution in [-0.4, -0.2) is 35.7 Å². The Balaban J connectivity index is 2.19. The van der Waals surface area contributed by atoms with Gasteiger partial charge in [0.05, 0.1) is 18.8 Å². The number of carbonyl (C=O) groups excluding carboxylic acids is 1. The highest BCUT2D eigenvalue weighted by atomic mass is 79.9. The van der Waals surface area contributed by atoms with E-state index in [0.29, 0.717) is 19.5 Å². The fraction of sp³-hybridized carbons (Fsp3) is 0.364. The summed E-state index contributed by atoms with van der Waals surface area (Å²) in [6, 6.07) is 7.78. The van der Waals surface area contributed by atoms with Gasteiger partial charge in [-0.1, -0.05) is 15.9 Å². The molecule has 5 heteroatoms. The average molecular weight is 285 g/mol. The quantitative estimate of drug-likeness (QED) is 0.913. The molecule has 1 heterocycles. The molecule has 0 bridgehead atoms. The van der Waals surface area contributed by atoms with Crippen molar-refractivity contribution in [3.63, 3.8) is 0 Å². The van der Waals surface area contributed by atoms with Crippen molar-refractivity contribution in [2.75, 3.05) is 24.7 Å². The number of anilines is 1. The zero-order valence-corrected chi connectivity index (χ0v) is 10.4. The van der Waals surface area contributed by atoms with Crippen LogP contribution in [0.2, 0.25) is 0 Å². The third-order valence-electron chi connectivity index (χ3n) is 2.55. The van der Waals surface area contributed by atoms with Gasteiger partial charge in [0.1, 0.15) is 0 Å². The van der Waals surface area contributed by atoms with E-state index < -0.39 is 0 Å². The number of benzene rings is 1. The molecule has 1 aliphatic rings. The summed E-state index contributed by atoms with van der Waals surface area (Å²) in [6.07, 6.45) is 0.510. The van der Waals surface area contributed by atoms with Crippen molar-refractivity contribution in [2.45, 2.75) is 6.42 Å². The molecule has 0 unspecified atom stereocenters. The summed E-state index contributed by atoms with van der Waals surface area (Å²) in [5.74, 6) is 0.0666. The molecule has 1 aromatic carbocycles. The van der Waals surface area contributed by atoms with E-state index in [2.05, 4.69) is 15.9 Å². The lowest BCUT2D eigenvalue weighted by Crippen LogP contribution is -2.40. The van der Waals surface area contributed by atoms with Gasteiger partial charge >= 0.3 is 0 Å². The monoisotopic (exact) mass is 284 g/mol. The smallest absolute Gasteiger partial charge is 0.243 e. The first kappa shape index (κ1) is 11.4.